The first-order valence-electron chi connectivity index (χ1n) is 4.35. The van der Waals surface area contributed by atoms with E-state index >= 15 is 0 Å². The molecule has 0 fully saturated rings. The van der Waals surface area contributed by atoms with E-state index in [1.807, 2.05) is 6.07 Å². The highest BCUT2D eigenvalue weighted by atomic mass is 19.1. The predicted octanol–water partition coefficient (Wildman–Crippen LogP) is 2.49. The predicted molar refractivity (Wildman–Crippen MR) is 54.7 cm³/mol. The summed E-state index contributed by atoms with van der Waals surface area (Å²) in [5.41, 5.74) is -0.618. The standard InChI is InChI=1S/C12H10FNO/c1-4-12(2,3)15-11-6-5-9(8-14)7-10(11)13/h1,5-7H,2-3H3. The van der Waals surface area contributed by atoms with E-state index in [4.69, 9.17) is 16.4 Å². The molecule has 0 aliphatic carbocycles. The number of hydrogen-bond acceptors (Lipinski definition) is 2. The Hall–Kier alpha value is -2.00. The van der Waals surface area contributed by atoms with E-state index in [-0.39, 0.29) is 11.3 Å². The zero-order valence-corrected chi connectivity index (χ0v) is 8.54. The minimum Gasteiger partial charge on any atom is -0.472 e. The molecule has 0 saturated heterocycles. The molecular formula is C12H10FNO. The van der Waals surface area contributed by atoms with Crippen LogP contribution in [0, 0.1) is 29.5 Å². The number of halogens is 1. The van der Waals surface area contributed by atoms with Crippen LogP contribution in [-0.4, -0.2) is 5.60 Å². The number of ether oxygens (including phenoxy) is 1. The van der Waals surface area contributed by atoms with Crippen LogP contribution in [0.1, 0.15) is 19.4 Å². The number of benzene rings is 1. The molecule has 0 aliphatic heterocycles. The summed E-state index contributed by atoms with van der Waals surface area (Å²) < 4.78 is 18.6. The zero-order chi connectivity index (χ0) is 11.5. The number of rotatable bonds is 2. The molecule has 76 valence electrons. The SMILES string of the molecule is C#CC(C)(C)Oc1ccc(C#N)cc1F. The molecule has 1 rings (SSSR count). The molecule has 0 N–H and O–H groups in total. The summed E-state index contributed by atoms with van der Waals surface area (Å²) in [5.74, 6) is 1.86. The third-order valence-corrected chi connectivity index (χ3v) is 1.77. The van der Waals surface area contributed by atoms with Gasteiger partial charge in [0.05, 0.1) is 11.6 Å². The van der Waals surface area contributed by atoms with Crippen LogP contribution in [0.15, 0.2) is 18.2 Å². The van der Waals surface area contributed by atoms with Crippen LogP contribution >= 0.6 is 0 Å². The third kappa shape index (κ3) is 2.72. The molecule has 3 heteroatoms. The van der Waals surface area contributed by atoms with E-state index in [1.54, 1.807) is 13.8 Å². The van der Waals surface area contributed by atoms with Crippen LogP contribution < -0.4 is 4.74 Å². The van der Waals surface area contributed by atoms with Crippen LogP contribution in [0.4, 0.5) is 4.39 Å². The molecule has 0 amide bonds. The van der Waals surface area contributed by atoms with Crippen molar-refractivity contribution in [2.75, 3.05) is 0 Å². The summed E-state index contributed by atoms with van der Waals surface area (Å²) >= 11 is 0. The van der Waals surface area contributed by atoms with Crippen molar-refractivity contribution in [3.63, 3.8) is 0 Å². The van der Waals surface area contributed by atoms with Gasteiger partial charge in [0, 0.05) is 0 Å². The van der Waals surface area contributed by atoms with Gasteiger partial charge in [-0.3, -0.25) is 0 Å². The molecule has 1 aromatic carbocycles. The van der Waals surface area contributed by atoms with Gasteiger partial charge in [0.2, 0.25) is 0 Å². The number of hydrogen-bond donors (Lipinski definition) is 0. The molecule has 15 heavy (non-hydrogen) atoms. The smallest absolute Gasteiger partial charge is 0.166 e. The Morgan fingerprint density at radius 1 is 1.47 bits per heavy atom. The van der Waals surface area contributed by atoms with Gasteiger partial charge in [0.1, 0.15) is 0 Å². The second kappa shape index (κ2) is 4.02. The van der Waals surface area contributed by atoms with Gasteiger partial charge in [-0.25, -0.2) is 4.39 Å². The highest BCUT2D eigenvalue weighted by Crippen LogP contribution is 2.22. The van der Waals surface area contributed by atoms with Gasteiger partial charge >= 0.3 is 0 Å². The lowest BCUT2D eigenvalue weighted by molar-refractivity contribution is 0.164. The first kappa shape index (κ1) is 11.1. The van der Waals surface area contributed by atoms with Crippen molar-refractivity contribution in [2.45, 2.75) is 19.4 Å². The third-order valence-electron chi connectivity index (χ3n) is 1.77. The Bertz CT molecular complexity index is 452. The summed E-state index contributed by atoms with van der Waals surface area (Å²) in [6, 6.07) is 5.82. The monoisotopic (exact) mass is 203 g/mol. The van der Waals surface area contributed by atoms with E-state index in [2.05, 4.69) is 5.92 Å². The molecule has 0 saturated carbocycles. The second-order valence-corrected chi connectivity index (χ2v) is 3.51. The lowest BCUT2D eigenvalue weighted by atomic mass is 10.1. The zero-order valence-electron chi connectivity index (χ0n) is 8.54. The maximum Gasteiger partial charge on any atom is 0.166 e. The maximum absolute atomic E-state index is 13.4. The molecule has 0 unspecified atom stereocenters. The topological polar surface area (TPSA) is 33.0 Å². The number of terminal acetylenes is 1. The van der Waals surface area contributed by atoms with Gasteiger partial charge in [-0.05, 0) is 32.0 Å². The highest BCUT2D eigenvalue weighted by molar-refractivity contribution is 5.36. The van der Waals surface area contributed by atoms with E-state index < -0.39 is 11.4 Å². The fourth-order valence-corrected chi connectivity index (χ4v) is 0.958. The quantitative estimate of drug-likeness (QED) is 0.692. The van der Waals surface area contributed by atoms with Crippen LogP contribution in [0.2, 0.25) is 0 Å². The van der Waals surface area contributed by atoms with Gasteiger partial charge in [0.15, 0.2) is 17.2 Å². The van der Waals surface area contributed by atoms with Crippen LogP contribution in [-0.2, 0) is 0 Å². The van der Waals surface area contributed by atoms with Gasteiger partial charge in [0.25, 0.3) is 0 Å². The molecule has 0 radical (unpaired) electrons. The summed E-state index contributed by atoms with van der Waals surface area (Å²) in [5, 5.41) is 8.54. The van der Waals surface area contributed by atoms with E-state index in [0.717, 1.165) is 6.07 Å². The first-order chi connectivity index (χ1) is 6.98. The Morgan fingerprint density at radius 3 is 2.60 bits per heavy atom. The highest BCUT2D eigenvalue weighted by Gasteiger charge is 2.17. The summed E-state index contributed by atoms with van der Waals surface area (Å²) in [6.07, 6.45) is 5.21. The Morgan fingerprint density at radius 2 is 2.13 bits per heavy atom. The molecule has 0 spiro atoms. The van der Waals surface area contributed by atoms with Crippen molar-refractivity contribution < 1.29 is 9.13 Å². The van der Waals surface area contributed by atoms with Gasteiger partial charge in [-0.15, -0.1) is 6.42 Å². The van der Waals surface area contributed by atoms with Crippen LogP contribution in [0.3, 0.4) is 0 Å². The van der Waals surface area contributed by atoms with Crippen LogP contribution in [0.5, 0.6) is 5.75 Å². The van der Waals surface area contributed by atoms with Gasteiger partial charge in [-0.2, -0.15) is 5.26 Å². The van der Waals surface area contributed by atoms with Crippen molar-refractivity contribution in [3.05, 3.63) is 29.6 Å². The van der Waals surface area contributed by atoms with Crippen molar-refractivity contribution >= 4 is 0 Å². The molecule has 0 atom stereocenters. The summed E-state index contributed by atoms with van der Waals surface area (Å²) in [6.45, 7) is 3.31. The van der Waals surface area contributed by atoms with E-state index in [9.17, 15) is 4.39 Å². The maximum atomic E-state index is 13.4. The molecule has 2 nitrogen and oxygen atoms in total. The van der Waals surface area contributed by atoms with Crippen LogP contribution in [0.25, 0.3) is 0 Å². The lowest BCUT2D eigenvalue weighted by Gasteiger charge is -2.20. The van der Waals surface area contributed by atoms with Gasteiger partial charge in [-0.1, -0.05) is 5.92 Å². The minimum atomic E-state index is -0.866. The Labute approximate surface area is 88.3 Å². The molecular weight excluding hydrogens is 193 g/mol. The molecule has 1 aromatic rings. The number of nitriles is 1. The molecule has 0 bridgehead atoms. The average Bonchev–Trinajstić information content (AvgIpc) is 2.21. The molecule has 0 heterocycles. The van der Waals surface area contributed by atoms with Crippen molar-refractivity contribution in [3.8, 4) is 24.2 Å². The molecule has 0 aromatic heterocycles. The summed E-state index contributed by atoms with van der Waals surface area (Å²) in [4.78, 5) is 0. The normalized spacial score (nSPS) is 10.2. The lowest BCUT2D eigenvalue weighted by Crippen LogP contribution is -2.26. The summed E-state index contributed by atoms with van der Waals surface area (Å²) in [7, 11) is 0. The molecule has 0 aliphatic rings. The largest absolute Gasteiger partial charge is 0.472 e. The second-order valence-electron chi connectivity index (χ2n) is 3.51. The Kier molecular flexibility index (Phi) is 2.97. The van der Waals surface area contributed by atoms with E-state index in [1.165, 1.54) is 12.1 Å². The first-order valence-corrected chi connectivity index (χ1v) is 4.35. The fraction of sp³-hybridized carbons (Fsp3) is 0.250. The van der Waals surface area contributed by atoms with Crippen molar-refractivity contribution in [1.29, 1.82) is 5.26 Å². The number of nitrogens with zero attached hydrogens (tertiary/aromatic N) is 1. The van der Waals surface area contributed by atoms with Crippen molar-refractivity contribution in [2.24, 2.45) is 0 Å². The van der Waals surface area contributed by atoms with Crippen molar-refractivity contribution in [1.82, 2.24) is 0 Å². The van der Waals surface area contributed by atoms with E-state index in [0.29, 0.717) is 0 Å². The Balaban J connectivity index is 3.00. The average molecular weight is 203 g/mol. The fourth-order valence-electron chi connectivity index (χ4n) is 0.958. The van der Waals surface area contributed by atoms with Gasteiger partial charge < -0.3 is 4.74 Å². The minimum absolute atomic E-state index is 0.0527.